The van der Waals surface area contributed by atoms with Crippen molar-refractivity contribution >= 4 is 11.7 Å². The fourth-order valence-electron chi connectivity index (χ4n) is 1.13. The van der Waals surface area contributed by atoms with E-state index >= 15 is 0 Å². The van der Waals surface area contributed by atoms with E-state index in [0.717, 1.165) is 0 Å². The van der Waals surface area contributed by atoms with Crippen LogP contribution < -0.4 is 10.6 Å². The molecule has 0 atom stereocenters. The van der Waals surface area contributed by atoms with Crippen molar-refractivity contribution in [2.45, 2.75) is 6.42 Å². The van der Waals surface area contributed by atoms with Gasteiger partial charge in [-0.1, -0.05) is 18.2 Å². The number of nitrogens with zero attached hydrogens (tertiary/aromatic N) is 1. The molecule has 0 aliphatic rings. The summed E-state index contributed by atoms with van der Waals surface area (Å²) in [5, 5.41) is 8.65. The van der Waals surface area contributed by atoms with Gasteiger partial charge in [0.1, 0.15) is 0 Å². The zero-order valence-electron chi connectivity index (χ0n) is 7.81. The molecule has 0 fully saturated rings. The Kier molecular flexibility index (Phi) is 3.94. The minimum absolute atomic E-state index is 0.0383. The number of aliphatic hydroxyl groups is 1. The van der Waals surface area contributed by atoms with Crippen LogP contribution in [-0.4, -0.2) is 24.3 Å². The Morgan fingerprint density at radius 1 is 1.57 bits per heavy atom. The highest BCUT2D eigenvalue weighted by Gasteiger charge is 2.10. The summed E-state index contributed by atoms with van der Waals surface area (Å²) < 4.78 is 0. The molecular weight excluding hydrogens is 180 g/mol. The number of nitrogens with two attached hydrogens (primary N) is 1. The van der Waals surface area contributed by atoms with Gasteiger partial charge in [0.25, 0.3) is 0 Å². The van der Waals surface area contributed by atoms with Crippen molar-refractivity contribution in [2.75, 3.05) is 18.1 Å². The molecule has 0 aliphatic carbocycles. The summed E-state index contributed by atoms with van der Waals surface area (Å²) in [7, 11) is 0. The first-order valence-electron chi connectivity index (χ1n) is 4.40. The lowest BCUT2D eigenvalue weighted by molar-refractivity contribution is 0.252. The van der Waals surface area contributed by atoms with Crippen molar-refractivity contribution in [3.05, 3.63) is 30.3 Å². The number of anilines is 1. The minimum atomic E-state index is -0.527. The number of carbonyl (C=O) groups is 1. The molecule has 3 N–H and O–H groups in total. The van der Waals surface area contributed by atoms with Gasteiger partial charge in [0, 0.05) is 19.2 Å². The molecule has 4 heteroatoms. The van der Waals surface area contributed by atoms with Gasteiger partial charge in [-0.25, -0.2) is 4.79 Å². The summed E-state index contributed by atoms with van der Waals surface area (Å²) in [5.74, 6) is 0. The maximum absolute atomic E-state index is 11.1. The zero-order chi connectivity index (χ0) is 10.4. The molecule has 75 valence electrons. The first-order valence-corrected chi connectivity index (χ1v) is 4.40. The van der Waals surface area contributed by atoms with Gasteiger partial charge in [0.05, 0.1) is 5.69 Å². The maximum atomic E-state index is 11.1. The number of para-hydroxylation sites is 1. The van der Waals surface area contributed by atoms with Crippen molar-refractivity contribution in [3.8, 4) is 0 Å². The van der Waals surface area contributed by atoms with E-state index in [2.05, 4.69) is 6.07 Å². The number of hydrogen-bond acceptors (Lipinski definition) is 2. The van der Waals surface area contributed by atoms with Crippen molar-refractivity contribution in [1.82, 2.24) is 0 Å². The van der Waals surface area contributed by atoms with Gasteiger partial charge in [-0.2, -0.15) is 0 Å². The molecule has 1 rings (SSSR count). The highest BCUT2D eigenvalue weighted by molar-refractivity contribution is 5.90. The molecule has 2 amide bonds. The number of aliphatic hydroxyl groups excluding tert-OH is 1. The van der Waals surface area contributed by atoms with E-state index in [0.29, 0.717) is 18.7 Å². The number of primary amides is 1. The average Bonchev–Trinajstić information content (AvgIpc) is 2.19. The molecule has 0 bridgehead atoms. The van der Waals surface area contributed by atoms with Crippen molar-refractivity contribution in [2.24, 2.45) is 5.73 Å². The fraction of sp³-hybridized carbons (Fsp3) is 0.300. The third-order valence-electron chi connectivity index (χ3n) is 1.79. The number of hydrogen-bond donors (Lipinski definition) is 2. The Morgan fingerprint density at radius 3 is 2.86 bits per heavy atom. The second kappa shape index (κ2) is 5.24. The van der Waals surface area contributed by atoms with Gasteiger partial charge in [-0.3, -0.25) is 4.90 Å². The first kappa shape index (κ1) is 10.5. The van der Waals surface area contributed by atoms with Gasteiger partial charge in [0.2, 0.25) is 0 Å². The van der Waals surface area contributed by atoms with E-state index in [4.69, 9.17) is 10.8 Å². The lowest BCUT2D eigenvalue weighted by Gasteiger charge is -2.19. The molecule has 0 spiro atoms. The average molecular weight is 193 g/mol. The molecule has 0 aliphatic heterocycles. The van der Waals surface area contributed by atoms with Crippen LogP contribution in [0.4, 0.5) is 10.5 Å². The smallest absolute Gasteiger partial charge is 0.319 e. The predicted molar refractivity (Wildman–Crippen MR) is 53.9 cm³/mol. The summed E-state index contributed by atoms with van der Waals surface area (Å²) in [6, 6.07) is 9.46. The number of amides is 2. The summed E-state index contributed by atoms with van der Waals surface area (Å²) in [6.07, 6.45) is 0.506. The van der Waals surface area contributed by atoms with Gasteiger partial charge >= 0.3 is 6.03 Å². The third-order valence-corrected chi connectivity index (χ3v) is 1.79. The minimum Gasteiger partial charge on any atom is -0.396 e. The van der Waals surface area contributed by atoms with Crippen molar-refractivity contribution in [1.29, 1.82) is 0 Å². The summed E-state index contributed by atoms with van der Waals surface area (Å²) in [6.45, 7) is 0.447. The molecule has 1 radical (unpaired) electrons. The third kappa shape index (κ3) is 2.74. The molecule has 1 aromatic carbocycles. The molecule has 0 heterocycles. The van der Waals surface area contributed by atoms with E-state index in [1.807, 2.05) is 6.07 Å². The molecule has 1 aromatic rings. The second-order valence-electron chi connectivity index (χ2n) is 2.81. The second-order valence-corrected chi connectivity index (χ2v) is 2.81. The Labute approximate surface area is 82.9 Å². The fourth-order valence-corrected chi connectivity index (χ4v) is 1.13. The highest BCUT2D eigenvalue weighted by atomic mass is 16.3. The molecule has 0 saturated carbocycles. The monoisotopic (exact) mass is 193 g/mol. The van der Waals surface area contributed by atoms with Gasteiger partial charge in [0.15, 0.2) is 0 Å². The SMILES string of the molecule is NC(=O)N(CCCO)c1[c]cccc1. The summed E-state index contributed by atoms with van der Waals surface area (Å²) >= 11 is 0. The molecule has 0 saturated heterocycles. The maximum Gasteiger partial charge on any atom is 0.319 e. The van der Waals surface area contributed by atoms with Crippen LogP contribution >= 0.6 is 0 Å². The van der Waals surface area contributed by atoms with E-state index in [1.54, 1.807) is 18.2 Å². The Morgan fingerprint density at radius 2 is 2.36 bits per heavy atom. The lowest BCUT2D eigenvalue weighted by atomic mass is 10.3. The largest absolute Gasteiger partial charge is 0.396 e. The number of urea groups is 1. The quantitative estimate of drug-likeness (QED) is 0.741. The van der Waals surface area contributed by atoms with E-state index < -0.39 is 6.03 Å². The number of rotatable bonds is 4. The van der Waals surface area contributed by atoms with E-state index in [1.165, 1.54) is 4.90 Å². The van der Waals surface area contributed by atoms with Crippen LogP contribution in [-0.2, 0) is 0 Å². The normalized spacial score (nSPS) is 9.79. The Bertz CT molecular complexity index is 287. The van der Waals surface area contributed by atoms with E-state index in [9.17, 15) is 4.79 Å². The number of benzene rings is 1. The van der Waals surface area contributed by atoms with Crippen LogP contribution in [0.25, 0.3) is 0 Å². The van der Waals surface area contributed by atoms with Crippen molar-refractivity contribution < 1.29 is 9.90 Å². The van der Waals surface area contributed by atoms with Crippen LogP contribution in [0, 0.1) is 6.07 Å². The van der Waals surface area contributed by atoms with Gasteiger partial charge in [-0.15, -0.1) is 0 Å². The number of carbonyl (C=O) groups excluding carboxylic acids is 1. The molecular formula is C10H13N2O2. The van der Waals surface area contributed by atoms with Gasteiger partial charge < -0.3 is 10.8 Å². The molecule has 0 unspecified atom stereocenters. The predicted octanol–water partition coefficient (Wildman–Crippen LogP) is 0.754. The van der Waals surface area contributed by atoms with Crippen LogP contribution in [0.1, 0.15) is 6.42 Å². The Hall–Kier alpha value is -1.55. The topological polar surface area (TPSA) is 66.6 Å². The van der Waals surface area contributed by atoms with Crippen LogP contribution in [0.3, 0.4) is 0 Å². The zero-order valence-corrected chi connectivity index (χ0v) is 7.81. The first-order chi connectivity index (χ1) is 6.75. The standard InChI is InChI=1S/C10H13N2O2/c11-10(14)12(7-4-8-13)9-5-2-1-3-6-9/h1-3,5,13H,4,7-8H2,(H2,11,14). The van der Waals surface area contributed by atoms with Crippen molar-refractivity contribution in [3.63, 3.8) is 0 Å². The Balaban J connectivity index is 2.73. The summed E-state index contributed by atoms with van der Waals surface area (Å²) in [4.78, 5) is 12.4. The van der Waals surface area contributed by atoms with Crippen LogP contribution in [0.15, 0.2) is 24.3 Å². The van der Waals surface area contributed by atoms with Gasteiger partial charge in [-0.05, 0) is 12.5 Å². The lowest BCUT2D eigenvalue weighted by Crippen LogP contribution is -2.36. The molecule has 14 heavy (non-hydrogen) atoms. The van der Waals surface area contributed by atoms with E-state index in [-0.39, 0.29) is 6.61 Å². The highest BCUT2D eigenvalue weighted by Crippen LogP contribution is 2.11. The molecule has 4 nitrogen and oxygen atoms in total. The van der Waals surface area contributed by atoms with Crippen LogP contribution in [0.2, 0.25) is 0 Å². The van der Waals surface area contributed by atoms with Crippen LogP contribution in [0.5, 0.6) is 0 Å². The summed E-state index contributed by atoms with van der Waals surface area (Å²) in [5.41, 5.74) is 5.83. The molecule has 0 aromatic heterocycles.